The molecule has 0 spiro atoms. The van der Waals surface area contributed by atoms with E-state index in [1.54, 1.807) is 19.2 Å². The van der Waals surface area contributed by atoms with Gasteiger partial charge >= 0.3 is 17.9 Å². The number of nitrogens with zero attached hydrogens (tertiary/aromatic N) is 1. The summed E-state index contributed by atoms with van der Waals surface area (Å²) in [6.07, 6.45) is 15.4. The van der Waals surface area contributed by atoms with Crippen LogP contribution in [0.1, 0.15) is 27.7 Å². The molecule has 1 heterocycles. The van der Waals surface area contributed by atoms with Crippen LogP contribution in [0, 0.1) is 17.8 Å². The predicted octanol–water partition coefficient (Wildman–Crippen LogP) is 3.71. The number of rotatable bonds is 4. The Morgan fingerprint density at radius 2 is 1.62 bits per heavy atom. The molecule has 0 radical (unpaired) electrons. The van der Waals surface area contributed by atoms with Gasteiger partial charge in [0.05, 0.1) is 26.9 Å². The summed E-state index contributed by atoms with van der Waals surface area (Å²) in [4.78, 5) is 42.7. The van der Waals surface area contributed by atoms with E-state index in [2.05, 4.69) is 64.2 Å². The van der Waals surface area contributed by atoms with E-state index in [1.807, 2.05) is 51.9 Å². The van der Waals surface area contributed by atoms with Gasteiger partial charge in [-0.3, -0.25) is 4.79 Å². The minimum atomic E-state index is -0.630. The highest BCUT2D eigenvalue weighted by molar-refractivity contribution is 15.0. The summed E-state index contributed by atoms with van der Waals surface area (Å²) in [6, 6.07) is 0. The number of nitrogens with one attached hydrogen (secondary N) is 1. The van der Waals surface area contributed by atoms with E-state index in [1.165, 1.54) is 46.7 Å². The number of hydrogen-bond acceptors (Lipinski definition) is 10. The summed E-state index contributed by atoms with van der Waals surface area (Å²) >= 11 is 4.24. The van der Waals surface area contributed by atoms with Gasteiger partial charge in [-0.15, -0.1) is 6.42 Å². The molecular formula is C25H41I2N3O7. The third-order valence-electron chi connectivity index (χ3n) is 3.45. The highest BCUT2D eigenvalue weighted by atomic mass is 128. The molecule has 0 saturated carbocycles. The van der Waals surface area contributed by atoms with Gasteiger partial charge in [0.2, 0.25) is 0 Å². The van der Waals surface area contributed by atoms with Crippen LogP contribution < -0.4 is 11.1 Å². The zero-order chi connectivity index (χ0) is 30.4. The lowest BCUT2D eigenvalue weighted by Gasteiger charge is -2.28. The molecule has 1 aliphatic rings. The number of terminal acetylenes is 1. The zero-order valence-corrected chi connectivity index (χ0v) is 27.6. The van der Waals surface area contributed by atoms with Gasteiger partial charge in [-0.2, -0.15) is 0 Å². The molecule has 0 aliphatic carbocycles. The largest absolute Gasteiger partial charge is 0.466 e. The third-order valence-corrected chi connectivity index (χ3v) is 3.45. The predicted molar refractivity (Wildman–Crippen MR) is 165 cm³/mol. The van der Waals surface area contributed by atoms with Gasteiger partial charge < -0.3 is 30.2 Å². The molecule has 0 fully saturated rings. The SMILES string of the molecule is C#CC(=O)OC.CC(C)=CC=O.CN.CN/C=C/C(=O)OC.COC(=O)C1=CN(C)C=CC1(C)C.II. The fourth-order valence-corrected chi connectivity index (χ4v) is 1.65. The van der Waals surface area contributed by atoms with E-state index in [9.17, 15) is 19.2 Å². The van der Waals surface area contributed by atoms with Crippen molar-refractivity contribution >= 4 is 61.4 Å². The number of halogens is 2. The van der Waals surface area contributed by atoms with Crippen LogP contribution in [0.3, 0.4) is 0 Å². The number of allylic oxidation sites excluding steroid dienone is 3. The Kier molecular flexibility index (Phi) is 38.2. The number of hydrogen-bond donors (Lipinski definition) is 2. The van der Waals surface area contributed by atoms with Crippen molar-refractivity contribution in [1.82, 2.24) is 10.2 Å². The molecule has 0 aromatic carbocycles. The number of carbonyl (C=O) groups is 4. The van der Waals surface area contributed by atoms with Crippen molar-refractivity contribution in [2.45, 2.75) is 27.7 Å². The van der Waals surface area contributed by atoms with Crippen molar-refractivity contribution in [3.8, 4) is 12.3 Å². The molecule has 0 aromatic rings. The van der Waals surface area contributed by atoms with E-state index in [4.69, 9.17) is 4.74 Å². The Balaban J connectivity index is -0.000000124. The highest BCUT2D eigenvalue weighted by Crippen LogP contribution is 2.31. The zero-order valence-electron chi connectivity index (χ0n) is 23.3. The van der Waals surface area contributed by atoms with Crippen LogP contribution in [-0.2, 0) is 33.4 Å². The summed E-state index contributed by atoms with van der Waals surface area (Å²) in [5.74, 6) is 0.513. The molecule has 12 heteroatoms. The average molecular weight is 749 g/mol. The summed E-state index contributed by atoms with van der Waals surface area (Å²) in [7, 11) is 9.07. The van der Waals surface area contributed by atoms with Gasteiger partial charge in [0.15, 0.2) is 0 Å². The molecule has 1 rings (SSSR count). The molecule has 0 unspecified atom stereocenters. The first-order chi connectivity index (χ1) is 17.4. The molecule has 10 nitrogen and oxygen atoms in total. The summed E-state index contributed by atoms with van der Waals surface area (Å²) in [5, 5.41) is 2.65. The first-order valence-electron chi connectivity index (χ1n) is 10.4. The van der Waals surface area contributed by atoms with E-state index in [0.717, 1.165) is 11.9 Å². The lowest BCUT2D eigenvalue weighted by Crippen LogP contribution is -2.26. The number of methoxy groups -OCH3 is 3. The van der Waals surface area contributed by atoms with Crippen LogP contribution in [-0.4, -0.2) is 71.6 Å². The minimum absolute atomic E-state index is 0.237. The normalized spacial score (nSPS) is 11.4. The van der Waals surface area contributed by atoms with E-state index in [0.29, 0.717) is 5.57 Å². The molecule has 212 valence electrons. The Hall–Kier alpha value is -2.38. The molecule has 0 aromatic heterocycles. The fraction of sp³-hybridized carbons (Fsp3) is 0.440. The molecule has 37 heavy (non-hydrogen) atoms. The Labute approximate surface area is 245 Å². The average Bonchev–Trinajstić information content (AvgIpc) is 2.91. The smallest absolute Gasteiger partial charge is 0.383 e. The van der Waals surface area contributed by atoms with Crippen LogP contribution in [0.4, 0.5) is 0 Å². The fourth-order valence-electron chi connectivity index (χ4n) is 1.65. The number of aldehydes is 1. The lowest BCUT2D eigenvalue weighted by atomic mass is 9.83. The number of carbonyl (C=O) groups excluding carboxylic acids is 4. The van der Waals surface area contributed by atoms with Crippen molar-refractivity contribution in [3.63, 3.8) is 0 Å². The van der Waals surface area contributed by atoms with Crippen molar-refractivity contribution in [2.75, 3.05) is 42.5 Å². The monoisotopic (exact) mass is 749 g/mol. The van der Waals surface area contributed by atoms with E-state index < -0.39 is 5.97 Å². The van der Waals surface area contributed by atoms with Crippen molar-refractivity contribution < 1.29 is 33.4 Å². The van der Waals surface area contributed by atoms with E-state index in [-0.39, 0.29) is 17.4 Å². The van der Waals surface area contributed by atoms with Gasteiger partial charge in [-0.25, -0.2) is 14.4 Å². The number of nitrogens with two attached hydrogens (primary N) is 1. The van der Waals surface area contributed by atoms with Gasteiger partial charge in [0.25, 0.3) is 0 Å². The second-order valence-electron chi connectivity index (χ2n) is 6.90. The Morgan fingerprint density at radius 3 is 1.89 bits per heavy atom. The minimum Gasteiger partial charge on any atom is -0.466 e. The second-order valence-corrected chi connectivity index (χ2v) is 6.90. The molecule has 1 aliphatic heterocycles. The molecule has 0 amide bonds. The van der Waals surface area contributed by atoms with Crippen molar-refractivity contribution in [2.24, 2.45) is 11.1 Å². The van der Waals surface area contributed by atoms with Crippen LogP contribution >= 0.6 is 37.2 Å². The molecular weight excluding hydrogens is 708 g/mol. The van der Waals surface area contributed by atoms with Crippen LogP contribution in [0.15, 0.2) is 48.0 Å². The van der Waals surface area contributed by atoms with Crippen molar-refractivity contribution in [3.05, 3.63) is 48.0 Å². The molecule has 0 atom stereocenters. The van der Waals surface area contributed by atoms with Gasteiger partial charge in [-0.05, 0) is 27.0 Å². The topological polar surface area (TPSA) is 137 Å². The third kappa shape index (κ3) is 31.6. The van der Waals surface area contributed by atoms with Gasteiger partial charge in [0.1, 0.15) is 6.29 Å². The van der Waals surface area contributed by atoms with Gasteiger partial charge in [0, 0.05) is 87.3 Å². The van der Waals surface area contributed by atoms with Crippen LogP contribution in [0.5, 0.6) is 0 Å². The number of ether oxygens (including phenoxy) is 3. The summed E-state index contributed by atoms with van der Waals surface area (Å²) < 4.78 is 13.0. The van der Waals surface area contributed by atoms with Gasteiger partial charge in [-0.1, -0.05) is 25.5 Å². The van der Waals surface area contributed by atoms with Crippen LogP contribution in [0.2, 0.25) is 0 Å². The summed E-state index contributed by atoms with van der Waals surface area (Å²) in [6.45, 7) is 7.74. The first-order valence-corrected chi connectivity index (χ1v) is 16.6. The maximum atomic E-state index is 11.4. The molecule has 3 N–H and O–H groups in total. The van der Waals surface area contributed by atoms with Crippen LogP contribution in [0.25, 0.3) is 0 Å². The summed E-state index contributed by atoms with van der Waals surface area (Å²) in [5.41, 5.74) is 5.99. The van der Waals surface area contributed by atoms with E-state index >= 15 is 0 Å². The number of esters is 3. The first kappa shape index (κ1) is 44.6. The second kappa shape index (κ2) is 31.6. The Morgan fingerprint density at radius 1 is 1.11 bits per heavy atom. The Bertz CT molecular complexity index is 797. The highest BCUT2D eigenvalue weighted by Gasteiger charge is 2.29. The molecule has 0 bridgehead atoms. The standard InChI is InChI=1S/C10H15NO2.C5H9NO2.C5H8O.C4H4O2.CH5N.I2/c1-10(2)5-6-11(3)7-8(10)9(12)13-4;1-6-4-3-5(7)8-2;1-5(2)3-4-6;1-3-4(5)6-2;2*1-2/h5-7H,1-4H3;3-4,6H,1-2H3;3-4H,1-2H3;1H,2H3;2H2,1H3;/b;4-3+;;;;. The molecule has 0 saturated heterocycles. The quantitative estimate of drug-likeness (QED) is 0.0833. The van der Waals surface area contributed by atoms with Crippen molar-refractivity contribution in [1.29, 1.82) is 0 Å². The lowest BCUT2D eigenvalue weighted by molar-refractivity contribution is -0.137. The maximum Gasteiger partial charge on any atom is 0.383 e. The maximum absolute atomic E-state index is 11.4.